The van der Waals surface area contributed by atoms with Crippen molar-refractivity contribution in [2.75, 3.05) is 5.32 Å². The minimum Gasteiger partial charge on any atom is -0.436 e. The van der Waals surface area contributed by atoms with Gasteiger partial charge in [-0.05, 0) is 74.2 Å². The Bertz CT molecular complexity index is 1260. The smallest absolute Gasteiger partial charge is 0.255 e. The number of carbonyl (C=O) groups is 1. The van der Waals surface area contributed by atoms with Gasteiger partial charge in [0.1, 0.15) is 5.52 Å². The van der Waals surface area contributed by atoms with E-state index in [4.69, 9.17) is 16.0 Å². The molecule has 1 aromatic heterocycles. The molecule has 31 heavy (non-hydrogen) atoms. The Balaban J connectivity index is 1.65. The zero-order chi connectivity index (χ0) is 22.1. The Hall–Kier alpha value is -3.11. The molecular weight excluding hydrogens is 408 g/mol. The van der Waals surface area contributed by atoms with Crippen molar-refractivity contribution in [1.29, 1.82) is 0 Å². The van der Waals surface area contributed by atoms with Crippen LogP contribution in [-0.4, -0.2) is 10.9 Å². The van der Waals surface area contributed by atoms with Crippen molar-refractivity contribution in [2.24, 2.45) is 0 Å². The second-order valence-electron chi connectivity index (χ2n) is 8.08. The van der Waals surface area contributed by atoms with Gasteiger partial charge < -0.3 is 9.73 Å². The Kier molecular flexibility index (Phi) is 5.84. The van der Waals surface area contributed by atoms with Gasteiger partial charge >= 0.3 is 0 Å². The molecule has 4 aromatic rings. The molecule has 4 nitrogen and oxygen atoms in total. The van der Waals surface area contributed by atoms with Crippen molar-refractivity contribution >= 4 is 34.3 Å². The molecule has 5 heteroatoms. The minimum absolute atomic E-state index is 0.207. The molecule has 0 saturated heterocycles. The summed E-state index contributed by atoms with van der Waals surface area (Å²) >= 11 is 6.36. The third-order valence-corrected chi connectivity index (χ3v) is 5.87. The van der Waals surface area contributed by atoms with E-state index in [1.54, 1.807) is 12.1 Å². The molecule has 1 amide bonds. The topological polar surface area (TPSA) is 55.1 Å². The highest BCUT2D eigenvalue weighted by atomic mass is 35.5. The molecule has 0 bridgehead atoms. The standard InChI is InChI=1S/C26H25ClN2O2/c1-5-17(4)18-7-9-24-23(13-18)29-26(31-24)19-6-8-21(27)22(14-19)28-25(30)20-11-15(2)10-16(3)12-20/h6-14,17H,5H2,1-4H3,(H,28,30). The first kappa shape index (κ1) is 21.1. The summed E-state index contributed by atoms with van der Waals surface area (Å²) in [6.45, 7) is 8.31. The third kappa shape index (κ3) is 4.49. The molecule has 0 aliphatic carbocycles. The van der Waals surface area contributed by atoms with Crippen LogP contribution in [0.5, 0.6) is 0 Å². The molecule has 0 aliphatic rings. The number of oxazole rings is 1. The number of carbonyl (C=O) groups excluding carboxylic acids is 1. The summed E-state index contributed by atoms with van der Waals surface area (Å²) in [5.74, 6) is 0.753. The van der Waals surface area contributed by atoms with Crippen LogP contribution in [0, 0.1) is 13.8 Å². The van der Waals surface area contributed by atoms with Gasteiger partial charge in [0.2, 0.25) is 5.89 Å². The van der Waals surface area contributed by atoms with Crippen LogP contribution in [0.2, 0.25) is 5.02 Å². The summed E-state index contributed by atoms with van der Waals surface area (Å²) in [5, 5.41) is 3.37. The summed E-state index contributed by atoms with van der Waals surface area (Å²) < 4.78 is 5.97. The van der Waals surface area contributed by atoms with E-state index in [-0.39, 0.29) is 5.91 Å². The summed E-state index contributed by atoms with van der Waals surface area (Å²) in [5.41, 5.74) is 6.74. The van der Waals surface area contributed by atoms with Crippen molar-refractivity contribution in [2.45, 2.75) is 40.0 Å². The lowest BCUT2D eigenvalue weighted by Gasteiger charge is -2.10. The van der Waals surface area contributed by atoms with Crippen LogP contribution in [0.1, 0.15) is 53.2 Å². The molecule has 1 unspecified atom stereocenters. The van der Waals surface area contributed by atoms with Crippen molar-refractivity contribution in [3.8, 4) is 11.5 Å². The average Bonchev–Trinajstić information content (AvgIpc) is 3.17. The highest BCUT2D eigenvalue weighted by Crippen LogP contribution is 2.32. The number of rotatable bonds is 5. The fraction of sp³-hybridized carbons (Fsp3) is 0.231. The van der Waals surface area contributed by atoms with Gasteiger partial charge in [0.15, 0.2) is 5.58 Å². The van der Waals surface area contributed by atoms with Crippen molar-refractivity contribution < 1.29 is 9.21 Å². The highest BCUT2D eigenvalue weighted by Gasteiger charge is 2.14. The lowest BCUT2D eigenvalue weighted by atomic mass is 9.98. The first-order valence-electron chi connectivity index (χ1n) is 10.4. The zero-order valence-corrected chi connectivity index (χ0v) is 18.9. The zero-order valence-electron chi connectivity index (χ0n) is 18.1. The molecule has 1 heterocycles. The maximum Gasteiger partial charge on any atom is 0.255 e. The second kappa shape index (κ2) is 8.56. The van der Waals surface area contributed by atoms with Gasteiger partial charge in [-0.1, -0.05) is 48.7 Å². The van der Waals surface area contributed by atoms with Crippen LogP contribution in [0.4, 0.5) is 5.69 Å². The van der Waals surface area contributed by atoms with Gasteiger partial charge in [0.05, 0.1) is 10.7 Å². The number of aryl methyl sites for hydroxylation is 2. The predicted molar refractivity (Wildman–Crippen MR) is 127 cm³/mol. The molecule has 0 fully saturated rings. The number of hydrogen-bond acceptors (Lipinski definition) is 3. The normalized spacial score (nSPS) is 12.2. The molecular formula is C26H25ClN2O2. The number of halogens is 1. The maximum atomic E-state index is 12.8. The Morgan fingerprint density at radius 2 is 1.81 bits per heavy atom. The predicted octanol–water partition coefficient (Wildman–Crippen LogP) is 7.53. The molecule has 3 aromatic carbocycles. The number of benzene rings is 3. The lowest BCUT2D eigenvalue weighted by molar-refractivity contribution is 0.102. The molecule has 4 rings (SSSR count). The molecule has 0 spiro atoms. The molecule has 0 saturated carbocycles. The maximum absolute atomic E-state index is 12.8. The Morgan fingerprint density at radius 3 is 2.52 bits per heavy atom. The van der Waals surface area contributed by atoms with Gasteiger partial charge in [-0.15, -0.1) is 0 Å². The van der Waals surface area contributed by atoms with Crippen molar-refractivity contribution in [1.82, 2.24) is 4.98 Å². The minimum atomic E-state index is -0.207. The highest BCUT2D eigenvalue weighted by molar-refractivity contribution is 6.34. The molecule has 1 N–H and O–H groups in total. The van der Waals surface area contributed by atoms with Crippen molar-refractivity contribution in [3.05, 3.63) is 81.9 Å². The van der Waals surface area contributed by atoms with Gasteiger partial charge in [-0.25, -0.2) is 4.98 Å². The summed E-state index contributed by atoms with van der Waals surface area (Å²) in [6.07, 6.45) is 1.07. The Morgan fingerprint density at radius 1 is 1.06 bits per heavy atom. The van der Waals surface area contributed by atoms with E-state index in [9.17, 15) is 4.79 Å². The molecule has 0 aliphatic heterocycles. The quantitative estimate of drug-likeness (QED) is 0.354. The van der Waals surface area contributed by atoms with E-state index in [2.05, 4.69) is 36.3 Å². The van der Waals surface area contributed by atoms with Gasteiger partial charge in [-0.2, -0.15) is 0 Å². The van der Waals surface area contributed by atoms with E-state index in [1.807, 2.05) is 44.2 Å². The van der Waals surface area contributed by atoms with Crippen LogP contribution in [0.25, 0.3) is 22.6 Å². The third-order valence-electron chi connectivity index (χ3n) is 5.54. The fourth-order valence-electron chi connectivity index (χ4n) is 3.66. The molecule has 1 atom stereocenters. The van der Waals surface area contributed by atoms with E-state index < -0.39 is 0 Å². The first-order chi connectivity index (χ1) is 14.8. The largest absolute Gasteiger partial charge is 0.436 e. The number of amides is 1. The van der Waals surface area contributed by atoms with E-state index in [0.29, 0.717) is 28.1 Å². The summed E-state index contributed by atoms with van der Waals surface area (Å²) in [4.78, 5) is 17.4. The van der Waals surface area contributed by atoms with Crippen molar-refractivity contribution in [3.63, 3.8) is 0 Å². The number of nitrogens with zero attached hydrogens (tertiary/aromatic N) is 1. The van der Waals surface area contributed by atoms with Crippen LogP contribution in [0.15, 0.2) is 59.0 Å². The SMILES string of the molecule is CCC(C)c1ccc2oc(-c3ccc(Cl)c(NC(=O)c4cc(C)cc(C)c4)c3)nc2c1. The lowest BCUT2D eigenvalue weighted by Crippen LogP contribution is -2.12. The number of nitrogens with one attached hydrogen (secondary N) is 1. The number of aromatic nitrogens is 1. The second-order valence-corrected chi connectivity index (χ2v) is 8.49. The number of hydrogen-bond donors (Lipinski definition) is 1. The van der Waals surface area contributed by atoms with Gasteiger partial charge in [0.25, 0.3) is 5.91 Å². The fourth-order valence-corrected chi connectivity index (χ4v) is 3.83. The number of anilines is 1. The molecule has 0 radical (unpaired) electrons. The van der Waals surface area contributed by atoms with E-state index >= 15 is 0 Å². The van der Waals surface area contributed by atoms with Crippen LogP contribution >= 0.6 is 11.6 Å². The molecule has 158 valence electrons. The van der Waals surface area contributed by atoms with Crippen LogP contribution in [0.3, 0.4) is 0 Å². The summed E-state index contributed by atoms with van der Waals surface area (Å²) in [7, 11) is 0. The number of fused-ring (bicyclic) bond motifs is 1. The van der Waals surface area contributed by atoms with E-state index in [0.717, 1.165) is 34.2 Å². The van der Waals surface area contributed by atoms with Crippen LogP contribution < -0.4 is 5.32 Å². The van der Waals surface area contributed by atoms with E-state index in [1.165, 1.54) is 5.56 Å². The van der Waals surface area contributed by atoms with Gasteiger partial charge in [-0.3, -0.25) is 4.79 Å². The monoisotopic (exact) mass is 432 g/mol. The first-order valence-corrected chi connectivity index (χ1v) is 10.8. The van der Waals surface area contributed by atoms with Crippen LogP contribution in [-0.2, 0) is 0 Å². The average molecular weight is 433 g/mol. The summed E-state index contributed by atoms with van der Waals surface area (Å²) in [6, 6.07) is 17.3. The van der Waals surface area contributed by atoms with Gasteiger partial charge in [0, 0.05) is 11.1 Å². The Labute approximate surface area is 187 Å².